The minimum Gasteiger partial charge on any atom is -0.491 e. The summed E-state index contributed by atoms with van der Waals surface area (Å²) in [5.41, 5.74) is 1.23. The van der Waals surface area contributed by atoms with Gasteiger partial charge < -0.3 is 10.1 Å². The van der Waals surface area contributed by atoms with Crippen LogP contribution in [-0.4, -0.2) is 17.0 Å². The molecule has 0 atom stereocenters. The molecule has 0 unspecified atom stereocenters. The Morgan fingerprint density at radius 3 is 2.85 bits per heavy atom. The molecule has 0 bridgehead atoms. The van der Waals surface area contributed by atoms with Gasteiger partial charge in [0.1, 0.15) is 5.75 Å². The molecule has 4 nitrogen and oxygen atoms in total. The van der Waals surface area contributed by atoms with Crippen LogP contribution in [0.25, 0.3) is 0 Å². The van der Waals surface area contributed by atoms with Crippen LogP contribution in [-0.2, 0) is 0 Å². The lowest BCUT2D eigenvalue weighted by molar-refractivity contribution is 0.102. The molecule has 1 aromatic carbocycles. The van der Waals surface area contributed by atoms with Gasteiger partial charge in [0.15, 0.2) is 0 Å². The molecule has 0 spiro atoms. The summed E-state index contributed by atoms with van der Waals surface area (Å²) in [5.74, 6) is 0.493. The van der Waals surface area contributed by atoms with Crippen molar-refractivity contribution in [2.75, 3.05) is 5.32 Å². The number of rotatable bonds is 4. The SMILES string of the molecule is CC(C)Oc1cccc(C(=O)Nc2ccncc2Br)c1. The molecule has 0 aliphatic carbocycles. The summed E-state index contributed by atoms with van der Waals surface area (Å²) in [6.07, 6.45) is 3.33. The molecule has 2 rings (SSSR count). The highest BCUT2D eigenvalue weighted by Gasteiger charge is 2.09. The summed E-state index contributed by atoms with van der Waals surface area (Å²) in [6.45, 7) is 3.89. The normalized spacial score (nSPS) is 10.4. The zero-order valence-electron chi connectivity index (χ0n) is 11.3. The Hall–Kier alpha value is -1.88. The first-order chi connectivity index (χ1) is 9.56. The number of aromatic nitrogens is 1. The van der Waals surface area contributed by atoms with E-state index in [1.807, 2.05) is 19.9 Å². The van der Waals surface area contributed by atoms with Crippen molar-refractivity contribution in [1.29, 1.82) is 0 Å². The molecule has 0 saturated heterocycles. The molecule has 2 aromatic rings. The Morgan fingerprint density at radius 2 is 2.15 bits per heavy atom. The van der Waals surface area contributed by atoms with Crippen molar-refractivity contribution < 1.29 is 9.53 Å². The number of halogens is 1. The van der Waals surface area contributed by atoms with E-state index in [-0.39, 0.29) is 12.0 Å². The molecule has 1 heterocycles. The minimum atomic E-state index is -0.189. The van der Waals surface area contributed by atoms with Gasteiger partial charge in [0.25, 0.3) is 5.91 Å². The number of anilines is 1. The van der Waals surface area contributed by atoms with Crippen LogP contribution < -0.4 is 10.1 Å². The van der Waals surface area contributed by atoms with Gasteiger partial charge in [-0.05, 0) is 54.0 Å². The van der Waals surface area contributed by atoms with E-state index in [0.29, 0.717) is 17.0 Å². The molecular weight excluding hydrogens is 320 g/mol. The number of carbonyl (C=O) groups excluding carboxylic acids is 1. The number of hydrogen-bond donors (Lipinski definition) is 1. The van der Waals surface area contributed by atoms with Crippen LogP contribution in [0.1, 0.15) is 24.2 Å². The molecule has 0 saturated carbocycles. The Morgan fingerprint density at radius 1 is 1.35 bits per heavy atom. The maximum atomic E-state index is 12.2. The summed E-state index contributed by atoms with van der Waals surface area (Å²) >= 11 is 3.34. The van der Waals surface area contributed by atoms with Gasteiger partial charge in [0, 0.05) is 18.0 Å². The summed E-state index contributed by atoms with van der Waals surface area (Å²) in [4.78, 5) is 16.1. The van der Waals surface area contributed by atoms with Crippen molar-refractivity contribution in [1.82, 2.24) is 4.98 Å². The van der Waals surface area contributed by atoms with Gasteiger partial charge >= 0.3 is 0 Å². The molecule has 0 aliphatic rings. The zero-order chi connectivity index (χ0) is 14.5. The number of amides is 1. The molecule has 0 fully saturated rings. The highest BCUT2D eigenvalue weighted by molar-refractivity contribution is 9.10. The van der Waals surface area contributed by atoms with E-state index in [4.69, 9.17) is 4.74 Å². The van der Waals surface area contributed by atoms with Crippen molar-refractivity contribution >= 4 is 27.5 Å². The number of carbonyl (C=O) groups is 1. The van der Waals surface area contributed by atoms with Crippen LogP contribution >= 0.6 is 15.9 Å². The van der Waals surface area contributed by atoms with Crippen molar-refractivity contribution in [3.63, 3.8) is 0 Å². The molecule has 0 aliphatic heterocycles. The smallest absolute Gasteiger partial charge is 0.255 e. The van der Waals surface area contributed by atoms with Crippen LogP contribution in [0, 0.1) is 0 Å². The van der Waals surface area contributed by atoms with Crippen LogP contribution in [0.2, 0.25) is 0 Å². The van der Waals surface area contributed by atoms with Gasteiger partial charge in [-0.3, -0.25) is 9.78 Å². The number of ether oxygens (including phenoxy) is 1. The molecule has 5 heteroatoms. The predicted molar refractivity (Wildman–Crippen MR) is 82.1 cm³/mol. The van der Waals surface area contributed by atoms with E-state index in [2.05, 4.69) is 26.2 Å². The quantitative estimate of drug-likeness (QED) is 0.922. The fourth-order valence-corrected chi connectivity index (χ4v) is 2.00. The maximum Gasteiger partial charge on any atom is 0.255 e. The Labute approximate surface area is 126 Å². The lowest BCUT2D eigenvalue weighted by Crippen LogP contribution is -2.13. The Bertz CT molecular complexity index is 614. The van der Waals surface area contributed by atoms with E-state index in [0.717, 1.165) is 4.47 Å². The van der Waals surface area contributed by atoms with Gasteiger partial charge in [0.05, 0.1) is 16.3 Å². The van der Waals surface area contributed by atoms with Gasteiger partial charge in [-0.2, -0.15) is 0 Å². The van der Waals surface area contributed by atoms with Crippen molar-refractivity contribution in [2.24, 2.45) is 0 Å². The molecule has 1 aromatic heterocycles. The van der Waals surface area contributed by atoms with Crippen molar-refractivity contribution in [3.8, 4) is 5.75 Å². The van der Waals surface area contributed by atoms with Gasteiger partial charge in [0.2, 0.25) is 0 Å². The Kier molecular flexibility index (Phi) is 4.74. The van der Waals surface area contributed by atoms with Crippen LogP contribution in [0.3, 0.4) is 0 Å². The second-order valence-electron chi connectivity index (χ2n) is 4.50. The third-order valence-corrected chi connectivity index (χ3v) is 3.12. The highest BCUT2D eigenvalue weighted by atomic mass is 79.9. The Balaban J connectivity index is 2.15. The lowest BCUT2D eigenvalue weighted by Gasteiger charge is -2.11. The highest BCUT2D eigenvalue weighted by Crippen LogP contribution is 2.21. The first-order valence-corrected chi connectivity index (χ1v) is 7.03. The largest absolute Gasteiger partial charge is 0.491 e. The number of pyridine rings is 1. The molecule has 104 valence electrons. The third kappa shape index (κ3) is 3.81. The fraction of sp³-hybridized carbons (Fsp3) is 0.200. The van der Waals surface area contributed by atoms with Gasteiger partial charge in [-0.15, -0.1) is 0 Å². The van der Waals surface area contributed by atoms with E-state index in [1.54, 1.807) is 36.7 Å². The number of nitrogens with zero attached hydrogens (tertiary/aromatic N) is 1. The summed E-state index contributed by atoms with van der Waals surface area (Å²) in [5, 5.41) is 2.83. The van der Waals surface area contributed by atoms with Crippen LogP contribution in [0.5, 0.6) is 5.75 Å². The fourth-order valence-electron chi connectivity index (χ4n) is 1.65. The topological polar surface area (TPSA) is 51.2 Å². The van der Waals surface area contributed by atoms with Crippen molar-refractivity contribution in [2.45, 2.75) is 20.0 Å². The van der Waals surface area contributed by atoms with Gasteiger partial charge in [-0.25, -0.2) is 0 Å². The van der Waals surface area contributed by atoms with E-state index < -0.39 is 0 Å². The molecule has 20 heavy (non-hydrogen) atoms. The summed E-state index contributed by atoms with van der Waals surface area (Å²) in [6, 6.07) is 8.84. The number of benzene rings is 1. The standard InChI is InChI=1S/C15H15BrN2O2/c1-10(2)20-12-5-3-4-11(8-12)15(19)18-14-6-7-17-9-13(14)16/h3-10H,1-2H3,(H,17,18,19). The minimum absolute atomic E-state index is 0.0719. The van der Waals surface area contributed by atoms with Crippen LogP contribution in [0.4, 0.5) is 5.69 Å². The molecule has 0 radical (unpaired) electrons. The van der Waals surface area contributed by atoms with Crippen molar-refractivity contribution in [3.05, 3.63) is 52.8 Å². The van der Waals surface area contributed by atoms with Gasteiger partial charge in [-0.1, -0.05) is 6.07 Å². The first-order valence-electron chi connectivity index (χ1n) is 6.24. The predicted octanol–water partition coefficient (Wildman–Crippen LogP) is 3.88. The number of nitrogens with one attached hydrogen (secondary N) is 1. The van der Waals surface area contributed by atoms with E-state index in [9.17, 15) is 4.79 Å². The average molecular weight is 335 g/mol. The maximum absolute atomic E-state index is 12.2. The van der Waals surface area contributed by atoms with Crippen LogP contribution in [0.15, 0.2) is 47.2 Å². The monoisotopic (exact) mass is 334 g/mol. The third-order valence-electron chi connectivity index (χ3n) is 2.49. The molecular formula is C15H15BrN2O2. The first kappa shape index (κ1) is 14.5. The molecule has 1 amide bonds. The average Bonchev–Trinajstić information content (AvgIpc) is 2.41. The molecule has 1 N–H and O–H groups in total. The second-order valence-corrected chi connectivity index (χ2v) is 5.36. The number of hydrogen-bond acceptors (Lipinski definition) is 3. The summed E-state index contributed by atoms with van der Waals surface area (Å²) in [7, 11) is 0. The lowest BCUT2D eigenvalue weighted by atomic mass is 10.2. The summed E-state index contributed by atoms with van der Waals surface area (Å²) < 4.78 is 6.32. The van der Waals surface area contributed by atoms with E-state index in [1.165, 1.54) is 0 Å². The second kappa shape index (κ2) is 6.52. The zero-order valence-corrected chi connectivity index (χ0v) is 12.8. The van der Waals surface area contributed by atoms with E-state index >= 15 is 0 Å².